The van der Waals surface area contributed by atoms with Crippen LogP contribution in [-0.4, -0.2) is 27.1 Å². The molecule has 0 unspecified atom stereocenters. The van der Waals surface area contributed by atoms with Crippen LogP contribution in [0.2, 0.25) is 0 Å². The summed E-state index contributed by atoms with van der Waals surface area (Å²) in [5.41, 5.74) is 1.98. The van der Waals surface area contributed by atoms with Gasteiger partial charge < -0.3 is 15.0 Å². The van der Waals surface area contributed by atoms with Gasteiger partial charge in [-0.1, -0.05) is 18.2 Å². The normalized spacial score (nSPS) is 10.9. The Balaban J connectivity index is 2.11. The van der Waals surface area contributed by atoms with E-state index in [2.05, 4.69) is 9.97 Å². The molecule has 0 spiro atoms. The Morgan fingerprint density at radius 3 is 2.58 bits per heavy atom. The van der Waals surface area contributed by atoms with Gasteiger partial charge in [0.2, 0.25) is 0 Å². The number of fused-ring (bicyclic) bond motifs is 1. The lowest BCUT2D eigenvalue weighted by molar-refractivity contribution is 0.425. The zero-order chi connectivity index (χ0) is 13.4. The third-order valence-corrected chi connectivity index (χ3v) is 2.94. The van der Waals surface area contributed by atoms with Crippen molar-refractivity contribution in [2.24, 2.45) is 0 Å². The maximum absolute atomic E-state index is 13.9. The van der Waals surface area contributed by atoms with E-state index in [0.717, 1.165) is 17.1 Å². The molecule has 94 valence electrons. The molecule has 0 saturated heterocycles. The largest absolute Gasteiger partial charge is 0.488 e. The molecule has 0 atom stereocenters. The van der Waals surface area contributed by atoms with Gasteiger partial charge in [-0.15, -0.1) is 0 Å². The first-order valence-corrected chi connectivity index (χ1v) is 5.76. The first-order valence-electron chi connectivity index (χ1n) is 5.76. The summed E-state index contributed by atoms with van der Waals surface area (Å²) in [5, 5.41) is 18.0. The number of hydrogen-bond acceptors (Lipinski definition) is 3. The number of hydrogen-bond donors (Lipinski definition) is 3. The molecule has 0 fully saturated rings. The number of imidazole rings is 1. The highest BCUT2D eigenvalue weighted by molar-refractivity contribution is 6.58. The van der Waals surface area contributed by atoms with Crippen molar-refractivity contribution in [3.8, 4) is 11.4 Å². The van der Waals surface area contributed by atoms with E-state index in [4.69, 9.17) is 10.0 Å². The number of H-pyrrole nitrogens is 1. The van der Waals surface area contributed by atoms with E-state index in [1.54, 1.807) is 0 Å². The highest BCUT2D eigenvalue weighted by atomic mass is 19.1. The SMILES string of the molecule is OB(O)c1ccc(-c2nc3ccccc3[nH]2)c(F)c1. The lowest BCUT2D eigenvalue weighted by atomic mass is 9.80. The molecule has 1 heterocycles. The molecule has 0 aliphatic heterocycles. The van der Waals surface area contributed by atoms with E-state index >= 15 is 0 Å². The fourth-order valence-corrected chi connectivity index (χ4v) is 1.96. The van der Waals surface area contributed by atoms with Crippen molar-refractivity contribution in [3.63, 3.8) is 0 Å². The summed E-state index contributed by atoms with van der Waals surface area (Å²) in [6, 6.07) is 11.4. The monoisotopic (exact) mass is 256 g/mol. The molecule has 0 aliphatic carbocycles. The molecule has 1 aromatic heterocycles. The van der Waals surface area contributed by atoms with Crippen LogP contribution >= 0.6 is 0 Å². The summed E-state index contributed by atoms with van der Waals surface area (Å²) in [6.45, 7) is 0. The second kappa shape index (κ2) is 4.49. The van der Waals surface area contributed by atoms with E-state index in [0.29, 0.717) is 11.4 Å². The van der Waals surface area contributed by atoms with Crippen LogP contribution in [0.25, 0.3) is 22.4 Å². The predicted molar refractivity (Wildman–Crippen MR) is 71.3 cm³/mol. The van der Waals surface area contributed by atoms with Crippen molar-refractivity contribution in [1.82, 2.24) is 9.97 Å². The molecule has 3 N–H and O–H groups in total. The minimum absolute atomic E-state index is 0.109. The van der Waals surface area contributed by atoms with Gasteiger partial charge >= 0.3 is 7.12 Å². The second-order valence-electron chi connectivity index (χ2n) is 4.22. The minimum atomic E-state index is -1.68. The lowest BCUT2D eigenvalue weighted by Gasteiger charge is -2.03. The number of benzene rings is 2. The van der Waals surface area contributed by atoms with Gasteiger partial charge in [0.25, 0.3) is 0 Å². The summed E-state index contributed by atoms with van der Waals surface area (Å²) < 4.78 is 13.9. The van der Waals surface area contributed by atoms with Gasteiger partial charge in [0.15, 0.2) is 0 Å². The maximum atomic E-state index is 13.9. The van der Waals surface area contributed by atoms with Gasteiger partial charge in [-0.3, -0.25) is 0 Å². The average molecular weight is 256 g/mol. The molecule has 3 rings (SSSR count). The molecule has 0 bridgehead atoms. The van der Waals surface area contributed by atoms with Gasteiger partial charge in [-0.2, -0.15) is 0 Å². The van der Waals surface area contributed by atoms with Crippen LogP contribution in [0.1, 0.15) is 0 Å². The van der Waals surface area contributed by atoms with E-state index in [1.165, 1.54) is 12.1 Å². The summed E-state index contributed by atoms with van der Waals surface area (Å²) >= 11 is 0. The summed E-state index contributed by atoms with van der Waals surface area (Å²) in [6.07, 6.45) is 0. The number of para-hydroxylation sites is 2. The Hall–Kier alpha value is -2.18. The third-order valence-electron chi connectivity index (χ3n) is 2.94. The predicted octanol–water partition coefficient (Wildman–Crippen LogP) is 1.05. The van der Waals surface area contributed by atoms with Crippen LogP contribution in [0.15, 0.2) is 42.5 Å². The van der Waals surface area contributed by atoms with Crippen LogP contribution in [0.5, 0.6) is 0 Å². The molecule has 0 aliphatic rings. The molecule has 6 heteroatoms. The quantitative estimate of drug-likeness (QED) is 0.600. The Kier molecular flexibility index (Phi) is 2.81. The van der Waals surface area contributed by atoms with Crippen LogP contribution in [0.3, 0.4) is 0 Å². The molecular weight excluding hydrogens is 246 g/mol. The lowest BCUT2D eigenvalue weighted by Crippen LogP contribution is -2.30. The number of rotatable bonds is 2. The van der Waals surface area contributed by atoms with Crippen molar-refractivity contribution in [3.05, 3.63) is 48.3 Å². The Morgan fingerprint density at radius 1 is 1.11 bits per heavy atom. The van der Waals surface area contributed by atoms with Crippen LogP contribution in [0, 0.1) is 5.82 Å². The summed E-state index contributed by atoms with van der Waals surface area (Å²) in [4.78, 5) is 7.32. The van der Waals surface area contributed by atoms with E-state index in [9.17, 15) is 4.39 Å². The molecule has 0 radical (unpaired) electrons. The number of halogens is 1. The fraction of sp³-hybridized carbons (Fsp3) is 0. The van der Waals surface area contributed by atoms with Crippen molar-refractivity contribution >= 4 is 23.6 Å². The van der Waals surface area contributed by atoms with Gasteiger partial charge in [0.05, 0.1) is 16.6 Å². The third kappa shape index (κ3) is 2.11. The second-order valence-corrected chi connectivity index (χ2v) is 4.22. The van der Waals surface area contributed by atoms with Crippen molar-refractivity contribution in [1.29, 1.82) is 0 Å². The zero-order valence-corrected chi connectivity index (χ0v) is 9.84. The van der Waals surface area contributed by atoms with Crippen molar-refractivity contribution in [2.45, 2.75) is 0 Å². The first-order chi connectivity index (χ1) is 9.15. The molecular formula is C13H10BFN2O2. The Labute approximate surface area is 108 Å². The number of aromatic nitrogens is 2. The molecule has 2 aromatic carbocycles. The smallest absolute Gasteiger partial charge is 0.423 e. The standard InChI is InChI=1S/C13H10BFN2O2/c15-10-7-8(14(18)19)5-6-9(10)13-16-11-3-1-2-4-12(11)17-13/h1-7,18-19H,(H,16,17). The van der Waals surface area contributed by atoms with Crippen LogP contribution < -0.4 is 5.46 Å². The molecule has 19 heavy (non-hydrogen) atoms. The van der Waals surface area contributed by atoms with Gasteiger partial charge in [-0.05, 0) is 29.7 Å². The summed E-state index contributed by atoms with van der Waals surface area (Å²) in [5.74, 6) is -0.137. The molecule has 0 saturated carbocycles. The van der Waals surface area contributed by atoms with Crippen molar-refractivity contribution in [2.75, 3.05) is 0 Å². The average Bonchev–Trinajstić information content (AvgIpc) is 2.81. The number of nitrogens with zero attached hydrogens (tertiary/aromatic N) is 1. The zero-order valence-electron chi connectivity index (χ0n) is 9.84. The Morgan fingerprint density at radius 2 is 1.89 bits per heavy atom. The fourth-order valence-electron chi connectivity index (χ4n) is 1.96. The highest BCUT2D eigenvalue weighted by Gasteiger charge is 2.15. The number of nitrogens with one attached hydrogen (secondary N) is 1. The maximum Gasteiger partial charge on any atom is 0.488 e. The van der Waals surface area contributed by atoms with E-state index in [1.807, 2.05) is 24.3 Å². The van der Waals surface area contributed by atoms with E-state index < -0.39 is 12.9 Å². The first kappa shape index (κ1) is 11.9. The van der Waals surface area contributed by atoms with Gasteiger partial charge in [0, 0.05) is 0 Å². The van der Waals surface area contributed by atoms with Gasteiger partial charge in [0.1, 0.15) is 11.6 Å². The topological polar surface area (TPSA) is 69.1 Å². The van der Waals surface area contributed by atoms with Crippen molar-refractivity contribution < 1.29 is 14.4 Å². The highest BCUT2D eigenvalue weighted by Crippen LogP contribution is 2.22. The molecule has 0 amide bonds. The Bertz CT molecular complexity index is 709. The van der Waals surface area contributed by atoms with E-state index in [-0.39, 0.29) is 5.46 Å². The van der Waals surface area contributed by atoms with Gasteiger partial charge in [-0.25, -0.2) is 9.37 Å². The van der Waals surface area contributed by atoms with Crippen LogP contribution in [-0.2, 0) is 0 Å². The van der Waals surface area contributed by atoms with Crippen LogP contribution in [0.4, 0.5) is 4.39 Å². The minimum Gasteiger partial charge on any atom is -0.423 e. The summed E-state index contributed by atoms with van der Waals surface area (Å²) in [7, 11) is -1.68. The molecule has 4 nitrogen and oxygen atoms in total. The molecule has 3 aromatic rings. The number of aromatic amines is 1.